The van der Waals surface area contributed by atoms with Gasteiger partial charge in [-0.05, 0) is 65.2 Å². The van der Waals surface area contributed by atoms with E-state index in [2.05, 4.69) is 21.4 Å². The van der Waals surface area contributed by atoms with E-state index in [-0.39, 0.29) is 17.5 Å². The average molecular weight is 519 g/mol. The summed E-state index contributed by atoms with van der Waals surface area (Å²) in [5.74, 6) is 0.250. The van der Waals surface area contributed by atoms with Gasteiger partial charge in [-0.25, -0.2) is 4.98 Å². The fourth-order valence-corrected chi connectivity index (χ4v) is 6.22. The zero-order valence-electron chi connectivity index (χ0n) is 19.3. The van der Waals surface area contributed by atoms with Crippen molar-refractivity contribution >= 4 is 28.8 Å². The molecule has 1 aliphatic carbocycles. The number of halogens is 1. The van der Waals surface area contributed by atoms with Gasteiger partial charge in [0.1, 0.15) is 5.82 Å². The number of pyridine rings is 1. The minimum atomic E-state index is -1.33. The molecule has 1 fully saturated rings. The van der Waals surface area contributed by atoms with Crippen LogP contribution in [0.4, 0.5) is 0 Å². The lowest BCUT2D eigenvalue weighted by atomic mass is 9.99. The Morgan fingerprint density at radius 3 is 2.72 bits per heavy atom. The van der Waals surface area contributed by atoms with E-state index in [0.717, 1.165) is 29.7 Å². The zero-order chi connectivity index (χ0) is 24.9. The van der Waals surface area contributed by atoms with Gasteiger partial charge >= 0.3 is 0 Å². The van der Waals surface area contributed by atoms with E-state index in [4.69, 9.17) is 16.6 Å². The molecule has 1 amide bonds. The Morgan fingerprint density at radius 1 is 1.17 bits per heavy atom. The molecule has 36 heavy (non-hydrogen) atoms. The van der Waals surface area contributed by atoms with Crippen molar-refractivity contribution in [3.63, 3.8) is 0 Å². The maximum atomic E-state index is 13.2. The van der Waals surface area contributed by atoms with Crippen molar-refractivity contribution in [2.24, 2.45) is 0 Å². The first-order valence-electron chi connectivity index (χ1n) is 11.8. The number of nitrogens with one attached hydrogen (secondary N) is 1. The van der Waals surface area contributed by atoms with E-state index in [0.29, 0.717) is 34.9 Å². The number of rotatable bonds is 5. The fourth-order valence-electron chi connectivity index (χ4n) is 4.84. The van der Waals surface area contributed by atoms with E-state index in [1.54, 1.807) is 48.0 Å². The predicted octanol–water partition coefficient (Wildman–Crippen LogP) is 4.25. The summed E-state index contributed by atoms with van der Waals surface area (Å²) in [6, 6.07) is 12.8. The van der Waals surface area contributed by atoms with Gasteiger partial charge in [0.2, 0.25) is 0 Å². The number of amides is 1. The number of fused-ring (bicyclic) bond motifs is 1. The Balaban J connectivity index is 1.25. The van der Waals surface area contributed by atoms with Crippen LogP contribution in [0.1, 0.15) is 46.5 Å². The van der Waals surface area contributed by atoms with Gasteiger partial charge in [-0.15, -0.1) is 11.3 Å². The van der Waals surface area contributed by atoms with Crippen LogP contribution in [-0.2, 0) is 23.2 Å². The number of carbonyl (C=O) groups excluding carboxylic acids is 1. The fraction of sp³-hybridized carbons (Fsp3) is 0.259. The lowest BCUT2D eigenvalue weighted by molar-refractivity contribution is -0.141. The molecule has 0 bridgehead atoms. The normalized spacial score (nSPS) is 16.9. The number of aliphatic hydroxyl groups excluding tert-OH is 1. The van der Waals surface area contributed by atoms with E-state index < -0.39 is 12.0 Å². The van der Waals surface area contributed by atoms with Gasteiger partial charge in [-0.1, -0.05) is 23.7 Å². The number of thiophene rings is 1. The Bertz CT molecular complexity index is 1510. The van der Waals surface area contributed by atoms with Crippen molar-refractivity contribution in [2.75, 3.05) is 6.54 Å². The van der Waals surface area contributed by atoms with E-state index >= 15 is 0 Å². The number of aliphatic hydroxyl groups is 1. The quantitative estimate of drug-likeness (QED) is 0.411. The maximum absolute atomic E-state index is 13.2. The Morgan fingerprint density at radius 2 is 1.97 bits per heavy atom. The first kappa shape index (κ1) is 23.1. The van der Waals surface area contributed by atoms with Crippen LogP contribution in [0.25, 0.3) is 11.1 Å². The van der Waals surface area contributed by atoms with E-state index in [1.807, 2.05) is 12.1 Å². The summed E-state index contributed by atoms with van der Waals surface area (Å²) in [4.78, 5) is 40.8. The second-order valence-electron chi connectivity index (χ2n) is 9.32. The molecule has 3 aromatic heterocycles. The zero-order valence-corrected chi connectivity index (χ0v) is 20.9. The van der Waals surface area contributed by atoms with Crippen molar-refractivity contribution in [1.29, 1.82) is 0 Å². The van der Waals surface area contributed by atoms with Crippen LogP contribution in [0.3, 0.4) is 0 Å². The molecule has 6 rings (SSSR count). The van der Waals surface area contributed by atoms with Crippen molar-refractivity contribution < 1.29 is 9.90 Å². The smallest absolute Gasteiger partial charge is 0.256 e. The van der Waals surface area contributed by atoms with Crippen LogP contribution in [0.2, 0.25) is 5.02 Å². The van der Waals surface area contributed by atoms with Crippen molar-refractivity contribution in [1.82, 2.24) is 19.9 Å². The molecule has 0 unspecified atom stereocenters. The summed E-state index contributed by atoms with van der Waals surface area (Å²) < 4.78 is 0. The molecular weight excluding hydrogens is 496 g/mol. The summed E-state index contributed by atoms with van der Waals surface area (Å²) in [6.07, 6.45) is 4.56. The number of aromatic nitrogens is 3. The molecule has 4 heterocycles. The Labute approximate surface area is 216 Å². The van der Waals surface area contributed by atoms with Gasteiger partial charge in [0.15, 0.2) is 6.10 Å². The summed E-state index contributed by atoms with van der Waals surface area (Å²) in [6.45, 7) is 0.504. The van der Waals surface area contributed by atoms with Crippen LogP contribution in [0.5, 0.6) is 0 Å². The number of H-pyrrole nitrogens is 1. The number of hydrogen-bond donors (Lipinski definition) is 2. The lowest BCUT2D eigenvalue weighted by Crippen LogP contribution is -2.42. The molecule has 0 radical (unpaired) electrons. The third-order valence-electron chi connectivity index (χ3n) is 7.07. The van der Waals surface area contributed by atoms with Gasteiger partial charge in [-0.2, -0.15) is 0 Å². The molecule has 1 saturated carbocycles. The Kier molecular flexibility index (Phi) is 5.75. The summed E-state index contributed by atoms with van der Waals surface area (Å²) >= 11 is 7.69. The SMILES string of the molecule is O=C([C@H](O)c1cccc(Cl)c1)N1CCc2nc(C3(c4cc(-c5ccncc5)cs4)CC3)[nH]c(=O)c2C1. The molecule has 1 aromatic carbocycles. The monoisotopic (exact) mass is 518 g/mol. The van der Waals surface area contributed by atoms with Crippen molar-refractivity contribution in [3.05, 3.63) is 103 Å². The number of aromatic amines is 1. The molecule has 182 valence electrons. The topological polar surface area (TPSA) is 99.2 Å². The Hall–Kier alpha value is -3.33. The predicted molar refractivity (Wildman–Crippen MR) is 138 cm³/mol. The molecule has 1 atom stereocenters. The van der Waals surface area contributed by atoms with Gasteiger partial charge < -0.3 is 15.0 Å². The highest BCUT2D eigenvalue weighted by Crippen LogP contribution is 2.54. The third kappa shape index (κ3) is 4.05. The van der Waals surface area contributed by atoms with Crippen molar-refractivity contribution in [3.8, 4) is 11.1 Å². The van der Waals surface area contributed by atoms with Crippen LogP contribution in [-0.4, -0.2) is 37.4 Å². The summed E-state index contributed by atoms with van der Waals surface area (Å²) in [7, 11) is 0. The van der Waals surface area contributed by atoms with Crippen LogP contribution < -0.4 is 5.56 Å². The van der Waals surface area contributed by atoms with Crippen LogP contribution >= 0.6 is 22.9 Å². The molecule has 1 aliphatic heterocycles. The first-order valence-corrected chi connectivity index (χ1v) is 13.0. The van der Waals surface area contributed by atoms with Gasteiger partial charge in [0, 0.05) is 35.3 Å². The minimum Gasteiger partial charge on any atom is -0.378 e. The summed E-state index contributed by atoms with van der Waals surface area (Å²) in [5.41, 5.74) is 3.40. The molecule has 7 nitrogen and oxygen atoms in total. The number of nitrogens with zero attached hydrogens (tertiary/aromatic N) is 3. The minimum absolute atomic E-state index is 0.118. The van der Waals surface area contributed by atoms with Gasteiger partial charge in [-0.3, -0.25) is 14.6 Å². The molecule has 0 spiro atoms. The van der Waals surface area contributed by atoms with Crippen LogP contribution in [0.15, 0.2) is 65.0 Å². The van der Waals surface area contributed by atoms with E-state index in [9.17, 15) is 14.7 Å². The maximum Gasteiger partial charge on any atom is 0.256 e. The number of hydrogen-bond acceptors (Lipinski definition) is 6. The largest absolute Gasteiger partial charge is 0.378 e. The van der Waals surface area contributed by atoms with Crippen LogP contribution in [0, 0.1) is 0 Å². The second kappa shape index (κ2) is 8.96. The van der Waals surface area contributed by atoms with Gasteiger partial charge in [0.25, 0.3) is 11.5 Å². The van der Waals surface area contributed by atoms with Gasteiger partial charge in [0.05, 0.1) is 23.2 Å². The van der Waals surface area contributed by atoms with E-state index in [1.165, 1.54) is 9.78 Å². The first-order chi connectivity index (χ1) is 17.4. The molecule has 2 N–H and O–H groups in total. The standard InChI is InChI=1S/C27H23ClN4O3S/c28-19-3-1-2-17(12-19)23(33)25(35)32-11-6-21-20(14-32)24(34)31-26(30-21)27(7-8-27)22-13-18(15-36-22)16-4-9-29-10-5-16/h1-5,9-10,12-13,15,23,33H,6-8,11,14H2,(H,30,31,34)/t23-/m1/s1. The molecular formula is C27H23ClN4O3S. The lowest BCUT2D eigenvalue weighted by Gasteiger charge is -2.30. The highest BCUT2D eigenvalue weighted by molar-refractivity contribution is 7.10. The molecule has 4 aromatic rings. The third-order valence-corrected chi connectivity index (χ3v) is 8.44. The number of benzene rings is 1. The highest BCUT2D eigenvalue weighted by Gasteiger charge is 2.50. The molecule has 0 saturated heterocycles. The second-order valence-corrected chi connectivity index (χ2v) is 10.7. The molecule has 9 heteroatoms. The summed E-state index contributed by atoms with van der Waals surface area (Å²) in [5, 5.41) is 13.2. The molecule has 2 aliphatic rings. The average Bonchev–Trinajstić information content (AvgIpc) is 3.57. The van der Waals surface area contributed by atoms with Crippen molar-refractivity contribution in [2.45, 2.75) is 37.3 Å². The number of carbonyl (C=O) groups is 1. The highest BCUT2D eigenvalue weighted by atomic mass is 35.5.